The number of aryl methyl sites for hydroxylation is 1. The Labute approximate surface area is 132 Å². The third kappa shape index (κ3) is 3.95. The highest BCUT2D eigenvalue weighted by Gasteiger charge is 2.26. The molecular weight excluding hydrogens is 306 g/mol. The lowest BCUT2D eigenvalue weighted by Crippen LogP contribution is -2.38. The van der Waals surface area contributed by atoms with Gasteiger partial charge in [-0.2, -0.15) is 0 Å². The van der Waals surface area contributed by atoms with E-state index in [1.807, 2.05) is 0 Å². The number of cyclic esters (lactones) is 1. The van der Waals surface area contributed by atoms with Crippen LogP contribution in [0.15, 0.2) is 12.1 Å². The van der Waals surface area contributed by atoms with Crippen molar-refractivity contribution in [2.24, 2.45) is 0 Å². The molecule has 1 saturated heterocycles. The molecule has 1 aromatic carbocycles. The van der Waals surface area contributed by atoms with Gasteiger partial charge in [0.05, 0.1) is 25.2 Å². The Morgan fingerprint density at radius 2 is 2.26 bits per heavy atom. The maximum absolute atomic E-state index is 11.9. The van der Waals surface area contributed by atoms with Crippen LogP contribution in [-0.4, -0.2) is 43.1 Å². The van der Waals surface area contributed by atoms with Crippen LogP contribution in [0, 0.1) is 17.0 Å². The summed E-state index contributed by atoms with van der Waals surface area (Å²) in [5.41, 5.74) is 0.772. The van der Waals surface area contributed by atoms with Gasteiger partial charge in [0.15, 0.2) is 5.75 Å². The number of nitrogens with one attached hydrogen (secondary N) is 2. The summed E-state index contributed by atoms with van der Waals surface area (Å²) in [6.07, 6.45) is 0.524. The quantitative estimate of drug-likeness (QED) is 0.450. The number of anilines is 1. The van der Waals surface area contributed by atoms with Crippen molar-refractivity contribution in [3.8, 4) is 5.75 Å². The fraction of sp³-hybridized carbons (Fsp3) is 0.429. The first-order valence-electron chi connectivity index (χ1n) is 6.95. The number of hydrogen-bond donors (Lipinski definition) is 2. The van der Waals surface area contributed by atoms with E-state index in [0.29, 0.717) is 24.3 Å². The van der Waals surface area contributed by atoms with E-state index < -0.39 is 11.0 Å². The van der Waals surface area contributed by atoms with Gasteiger partial charge in [-0.25, -0.2) is 0 Å². The summed E-state index contributed by atoms with van der Waals surface area (Å²) < 4.78 is 9.76. The van der Waals surface area contributed by atoms with Gasteiger partial charge in [0.2, 0.25) is 5.91 Å². The Balaban J connectivity index is 2.02. The number of nitro benzene ring substituents is 1. The van der Waals surface area contributed by atoms with Crippen molar-refractivity contribution >= 4 is 23.3 Å². The lowest BCUT2D eigenvalue weighted by molar-refractivity contribution is -0.385. The average molecular weight is 323 g/mol. The SMILES string of the molecule is COc1cc(NC(=O)CN[C@H]2CCOC2=O)c(C)cc1[N+](=O)[O-]. The molecule has 23 heavy (non-hydrogen) atoms. The van der Waals surface area contributed by atoms with Gasteiger partial charge in [-0.1, -0.05) is 0 Å². The molecule has 1 heterocycles. The first-order chi connectivity index (χ1) is 10.9. The largest absolute Gasteiger partial charge is 0.490 e. The number of carbonyl (C=O) groups excluding carboxylic acids is 2. The van der Waals surface area contributed by atoms with Crippen molar-refractivity contribution in [3.63, 3.8) is 0 Å². The summed E-state index contributed by atoms with van der Waals surface area (Å²) in [4.78, 5) is 33.6. The monoisotopic (exact) mass is 323 g/mol. The van der Waals surface area contributed by atoms with Gasteiger partial charge in [-0.3, -0.25) is 25.0 Å². The zero-order valence-electron chi connectivity index (χ0n) is 12.8. The highest BCUT2D eigenvalue weighted by Crippen LogP contribution is 2.32. The van der Waals surface area contributed by atoms with Crippen molar-refractivity contribution < 1.29 is 24.0 Å². The van der Waals surface area contributed by atoms with Gasteiger partial charge in [0, 0.05) is 24.2 Å². The van der Waals surface area contributed by atoms with Crippen molar-refractivity contribution in [2.45, 2.75) is 19.4 Å². The first kappa shape index (κ1) is 16.7. The third-order valence-electron chi connectivity index (χ3n) is 3.44. The molecular formula is C14H17N3O6. The Morgan fingerprint density at radius 1 is 1.52 bits per heavy atom. The van der Waals surface area contributed by atoms with Gasteiger partial charge >= 0.3 is 11.7 Å². The second-order valence-corrected chi connectivity index (χ2v) is 5.03. The van der Waals surface area contributed by atoms with Crippen LogP contribution >= 0.6 is 0 Å². The molecule has 2 N–H and O–H groups in total. The minimum Gasteiger partial charge on any atom is -0.490 e. The molecule has 9 nitrogen and oxygen atoms in total. The minimum absolute atomic E-state index is 0.0585. The lowest BCUT2D eigenvalue weighted by Gasteiger charge is -2.12. The van der Waals surface area contributed by atoms with Crippen LogP contribution in [0.1, 0.15) is 12.0 Å². The minimum atomic E-state index is -0.551. The van der Waals surface area contributed by atoms with E-state index in [1.165, 1.54) is 19.2 Å². The normalized spacial score (nSPS) is 16.8. The molecule has 0 aliphatic carbocycles. The Kier molecular flexibility index (Phi) is 5.12. The third-order valence-corrected chi connectivity index (χ3v) is 3.44. The smallest absolute Gasteiger partial charge is 0.323 e. The molecule has 0 unspecified atom stereocenters. The Hall–Kier alpha value is -2.68. The van der Waals surface area contributed by atoms with Crippen molar-refractivity contribution in [1.82, 2.24) is 5.32 Å². The van der Waals surface area contributed by atoms with E-state index in [-0.39, 0.29) is 29.9 Å². The number of benzene rings is 1. The van der Waals surface area contributed by atoms with Crippen LogP contribution in [0.3, 0.4) is 0 Å². The summed E-state index contributed by atoms with van der Waals surface area (Å²) >= 11 is 0. The molecule has 1 aliphatic rings. The van der Waals surface area contributed by atoms with Crippen LogP contribution in [0.5, 0.6) is 5.75 Å². The Morgan fingerprint density at radius 3 is 2.83 bits per heavy atom. The molecule has 1 amide bonds. The molecule has 9 heteroatoms. The highest BCUT2D eigenvalue weighted by molar-refractivity contribution is 5.94. The molecule has 1 aliphatic heterocycles. The summed E-state index contributed by atoms with van der Waals surface area (Å²) in [5.74, 6) is -0.682. The van der Waals surface area contributed by atoms with Crippen molar-refractivity contribution in [2.75, 3.05) is 25.6 Å². The second-order valence-electron chi connectivity index (χ2n) is 5.03. The van der Waals surface area contributed by atoms with E-state index in [4.69, 9.17) is 9.47 Å². The number of carbonyl (C=O) groups is 2. The molecule has 0 aromatic heterocycles. The number of methoxy groups -OCH3 is 1. The predicted octanol–water partition coefficient (Wildman–Crippen LogP) is 0.755. The summed E-state index contributed by atoms with van der Waals surface area (Å²) in [6, 6.07) is 2.25. The van der Waals surface area contributed by atoms with E-state index >= 15 is 0 Å². The number of hydrogen-bond acceptors (Lipinski definition) is 7. The van der Waals surface area contributed by atoms with Crippen LogP contribution < -0.4 is 15.4 Å². The standard InChI is InChI=1S/C14H17N3O6/c1-8-5-11(17(20)21)12(22-2)6-10(8)16-13(18)7-15-9-3-4-23-14(9)19/h5-6,9,15H,3-4,7H2,1-2H3,(H,16,18)/t9-/m0/s1. The van der Waals surface area contributed by atoms with E-state index in [1.54, 1.807) is 6.92 Å². The number of nitrogens with zero attached hydrogens (tertiary/aromatic N) is 1. The molecule has 0 spiro atoms. The number of esters is 1. The first-order valence-corrected chi connectivity index (χ1v) is 6.95. The van der Waals surface area contributed by atoms with E-state index in [2.05, 4.69) is 10.6 Å². The van der Waals surface area contributed by atoms with Crippen LogP contribution in [-0.2, 0) is 14.3 Å². The molecule has 0 radical (unpaired) electrons. The number of amides is 1. The molecule has 0 saturated carbocycles. The number of rotatable bonds is 6. The molecule has 1 atom stereocenters. The Bertz CT molecular complexity index is 646. The molecule has 2 rings (SSSR count). The van der Waals surface area contributed by atoms with Gasteiger partial charge in [0.25, 0.3) is 0 Å². The van der Waals surface area contributed by atoms with E-state index in [0.717, 1.165) is 0 Å². The summed E-state index contributed by atoms with van der Waals surface area (Å²) in [7, 11) is 1.32. The van der Waals surface area contributed by atoms with Crippen LogP contribution in [0.2, 0.25) is 0 Å². The van der Waals surface area contributed by atoms with Crippen molar-refractivity contribution in [1.29, 1.82) is 0 Å². The van der Waals surface area contributed by atoms with Crippen LogP contribution in [0.25, 0.3) is 0 Å². The molecule has 1 fully saturated rings. The van der Waals surface area contributed by atoms with E-state index in [9.17, 15) is 19.7 Å². The molecule has 1 aromatic rings. The van der Waals surface area contributed by atoms with Crippen molar-refractivity contribution in [3.05, 3.63) is 27.8 Å². The maximum Gasteiger partial charge on any atom is 0.323 e. The highest BCUT2D eigenvalue weighted by atomic mass is 16.6. The number of nitro groups is 1. The van der Waals surface area contributed by atoms with Gasteiger partial charge in [0.1, 0.15) is 6.04 Å². The lowest BCUT2D eigenvalue weighted by atomic mass is 10.1. The summed E-state index contributed by atoms with van der Waals surface area (Å²) in [5, 5.41) is 16.4. The maximum atomic E-state index is 11.9. The zero-order chi connectivity index (χ0) is 17.0. The predicted molar refractivity (Wildman–Crippen MR) is 80.4 cm³/mol. The second kappa shape index (κ2) is 7.05. The average Bonchev–Trinajstić information content (AvgIpc) is 2.92. The number of ether oxygens (including phenoxy) is 2. The molecule has 124 valence electrons. The van der Waals surface area contributed by atoms with Crippen LogP contribution in [0.4, 0.5) is 11.4 Å². The zero-order valence-corrected chi connectivity index (χ0v) is 12.8. The van der Waals surface area contributed by atoms with Gasteiger partial charge < -0.3 is 14.8 Å². The fourth-order valence-electron chi connectivity index (χ4n) is 2.21. The van der Waals surface area contributed by atoms with Gasteiger partial charge in [-0.05, 0) is 12.5 Å². The summed E-state index contributed by atoms with van der Waals surface area (Å²) in [6.45, 7) is 1.92. The molecule has 0 bridgehead atoms. The topological polar surface area (TPSA) is 120 Å². The fourth-order valence-corrected chi connectivity index (χ4v) is 2.21. The van der Waals surface area contributed by atoms with Gasteiger partial charge in [-0.15, -0.1) is 0 Å².